The number of rotatable bonds is 7. The number of ether oxygens (including phenoxy) is 2. The van der Waals surface area contributed by atoms with Crippen LogP contribution >= 0.6 is 0 Å². The van der Waals surface area contributed by atoms with Crippen molar-refractivity contribution in [3.63, 3.8) is 0 Å². The minimum absolute atomic E-state index is 0.0209. The second kappa shape index (κ2) is 7.53. The summed E-state index contributed by atoms with van der Waals surface area (Å²) in [5, 5.41) is 3.26. The number of hydrogen-bond donors (Lipinski definition) is 1. The van der Waals surface area contributed by atoms with E-state index in [1.54, 1.807) is 14.2 Å². The molecule has 0 aliphatic carbocycles. The Morgan fingerprint density at radius 2 is 1.84 bits per heavy atom. The van der Waals surface area contributed by atoms with E-state index in [1.807, 2.05) is 12.4 Å². The highest BCUT2D eigenvalue weighted by Gasteiger charge is 2.28. The van der Waals surface area contributed by atoms with Crippen molar-refractivity contribution in [2.75, 3.05) is 27.4 Å². The summed E-state index contributed by atoms with van der Waals surface area (Å²) in [4.78, 5) is 8.82. The maximum absolute atomic E-state index is 5.50. The maximum atomic E-state index is 5.50. The Labute approximate surface area is 115 Å². The van der Waals surface area contributed by atoms with Crippen molar-refractivity contribution < 1.29 is 9.47 Å². The standard InChI is InChI=1S/C14H25N3O2/c1-14(2,3)12(19-5)13-16-9-11(10-17-13)8-15-6-7-18-4/h9-10,12,15H,6-8H2,1-5H3. The van der Waals surface area contributed by atoms with Crippen LogP contribution in [0.15, 0.2) is 12.4 Å². The molecule has 1 rings (SSSR count). The van der Waals surface area contributed by atoms with Crippen LogP contribution in [-0.4, -0.2) is 37.3 Å². The molecule has 0 radical (unpaired) electrons. The van der Waals surface area contributed by atoms with E-state index in [-0.39, 0.29) is 11.5 Å². The van der Waals surface area contributed by atoms with Crippen molar-refractivity contribution in [3.8, 4) is 0 Å². The van der Waals surface area contributed by atoms with Gasteiger partial charge < -0.3 is 14.8 Å². The molecular formula is C14H25N3O2. The monoisotopic (exact) mass is 267 g/mol. The molecule has 0 amide bonds. The molecule has 1 aromatic heterocycles. The first kappa shape index (κ1) is 16.0. The summed E-state index contributed by atoms with van der Waals surface area (Å²) in [6.45, 7) is 8.62. The lowest BCUT2D eigenvalue weighted by Crippen LogP contribution is -2.23. The largest absolute Gasteiger partial charge is 0.383 e. The van der Waals surface area contributed by atoms with Gasteiger partial charge in [0.2, 0.25) is 0 Å². The zero-order valence-corrected chi connectivity index (χ0v) is 12.6. The number of aromatic nitrogens is 2. The quantitative estimate of drug-likeness (QED) is 0.765. The van der Waals surface area contributed by atoms with Gasteiger partial charge in [0.25, 0.3) is 0 Å². The van der Waals surface area contributed by atoms with Gasteiger partial charge in [-0.1, -0.05) is 20.8 Å². The molecule has 108 valence electrons. The SMILES string of the molecule is COCCNCc1cnc(C(OC)C(C)(C)C)nc1. The molecular weight excluding hydrogens is 242 g/mol. The van der Waals surface area contributed by atoms with Gasteiger partial charge in [-0.3, -0.25) is 0 Å². The lowest BCUT2D eigenvalue weighted by Gasteiger charge is -2.27. The summed E-state index contributed by atoms with van der Waals surface area (Å²) in [7, 11) is 3.39. The average molecular weight is 267 g/mol. The van der Waals surface area contributed by atoms with Gasteiger partial charge in [-0.05, 0) is 5.41 Å². The predicted molar refractivity (Wildman–Crippen MR) is 74.8 cm³/mol. The first-order chi connectivity index (χ1) is 8.99. The van der Waals surface area contributed by atoms with Crippen LogP contribution in [0, 0.1) is 5.41 Å². The summed E-state index contributed by atoms with van der Waals surface area (Å²) < 4.78 is 10.5. The van der Waals surface area contributed by atoms with Crippen LogP contribution < -0.4 is 5.32 Å². The summed E-state index contributed by atoms with van der Waals surface area (Å²) in [6.07, 6.45) is 3.60. The molecule has 0 spiro atoms. The second-order valence-electron chi connectivity index (χ2n) is 5.60. The number of hydrogen-bond acceptors (Lipinski definition) is 5. The Hall–Kier alpha value is -1.04. The van der Waals surface area contributed by atoms with Crippen molar-refractivity contribution in [1.29, 1.82) is 0 Å². The van der Waals surface area contributed by atoms with E-state index in [9.17, 15) is 0 Å². The van der Waals surface area contributed by atoms with Crippen LogP contribution in [0.2, 0.25) is 0 Å². The molecule has 1 unspecified atom stereocenters. The van der Waals surface area contributed by atoms with Crippen LogP contribution in [0.1, 0.15) is 38.3 Å². The highest BCUT2D eigenvalue weighted by atomic mass is 16.5. The van der Waals surface area contributed by atoms with Crippen molar-refractivity contribution in [2.24, 2.45) is 5.41 Å². The molecule has 0 bridgehead atoms. The van der Waals surface area contributed by atoms with Crippen molar-refractivity contribution in [1.82, 2.24) is 15.3 Å². The van der Waals surface area contributed by atoms with E-state index in [4.69, 9.17) is 9.47 Å². The molecule has 5 heteroatoms. The van der Waals surface area contributed by atoms with Gasteiger partial charge in [0.15, 0.2) is 5.82 Å². The van der Waals surface area contributed by atoms with E-state index < -0.39 is 0 Å². The zero-order valence-electron chi connectivity index (χ0n) is 12.6. The van der Waals surface area contributed by atoms with Gasteiger partial charge >= 0.3 is 0 Å². The van der Waals surface area contributed by atoms with E-state index in [2.05, 4.69) is 36.1 Å². The van der Waals surface area contributed by atoms with Crippen molar-refractivity contribution in [2.45, 2.75) is 33.4 Å². The first-order valence-electron chi connectivity index (χ1n) is 6.52. The first-order valence-corrected chi connectivity index (χ1v) is 6.52. The zero-order chi connectivity index (χ0) is 14.3. The molecule has 0 fully saturated rings. The van der Waals surface area contributed by atoms with Crippen LogP contribution in [-0.2, 0) is 16.0 Å². The minimum Gasteiger partial charge on any atom is -0.383 e. The fourth-order valence-electron chi connectivity index (χ4n) is 1.84. The van der Waals surface area contributed by atoms with Gasteiger partial charge in [-0.25, -0.2) is 9.97 Å². The van der Waals surface area contributed by atoms with Gasteiger partial charge in [-0.15, -0.1) is 0 Å². The van der Waals surface area contributed by atoms with Crippen molar-refractivity contribution in [3.05, 3.63) is 23.8 Å². The number of nitrogens with zero attached hydrogens (tertiary/aromatic N) is 2. The lowest BCUT2D eigenvalue weighted by atomic mass is 9.88. The predicted octanol–water partition coefficient (Wildman–Crippen LogP) is 1.95. The topological polar surface area (TPSA) is 56.3 Å². The highest BCUT2D eigenvalue weighted by Crippen LogP contribution is 2.33. The fourth-order valence-corrected chi connectivity index (χ4v) is 1.84. The molecule has 5 nitrogen and oxygen atoms in total. The van der Waals surface area contributed by atoms with E-state index in [1.165, 1.54) is 0 Å². The lowest BCUT2D eigenvalue weighted by molar-refractivity contribution is 0.00860. The molecule has 0 aliphatic rings. The Balaban J connectivity index is 2.60. The third-order valence-electron chi connectivity index (χ3n) is 2.79. The van der Waals surface area contributed by atoms with Gasteiger partial charge in [0.1, 0.15) is 6.10 Å². The van der Waals surface area contributed by atoms with Crippen LogP contribution in [0.4, 0.5) is 0 Å². The molecule has 0 aliphatic heterocycles. The molecule has 1 aromatic rings. The van der Waals surface area contributed by atoms with Gasteiger partial charge in [0.05, 0.1) is 6.61 Å². The normalized spacial score (nSPS) is 13.5. The minimum atomic E-state index is -0.0944. The van der Waals surface area contributed by atoms with Crippen LogP contribution in [0.5, 0.6) is 0 Å². The van der Waals surface area contributed by atoms with E-state index in [0.29, 0.717) is 6.61 Å². The third-order valence-corrected chi connectivity index (χ3v) is 2.79. The molecule has 19 heavy (non-hydrogen) atoms. The average Bonchev–Trinajstić information content (AvgIpc) is 2.35. The summed E-state index contributed by atoms with van der Waals surface area (Å²) in [5.41, 5.74) is 1.04. The Morgan fingerprint density at radius 1 is 1.21 bits per heavy atom. The van der Waals surface area contributed by atoms with Crippen LogP contribution in [0.25, 0.3) is 0 Å². The molecule has 0 aromatic carbocycles. The second-order valence-corrected chi connectivity index (χ2v) is 5.60. The molecule has 1 N–H and O–H groups in total. The summed E-state index contributed by atoms with van der Waals surface area (Å²) in [6, 6.07) is 0. The van der Waals surface area contributed by atoms with Gasteiger partial charge in [0, 0.05) is 45.3 Å². The fraction of sp³-hybridized carbons (Fsp3) is 0.714. The molecule has 0 saturated heterocycles. The number of nitrogens with one attached hydrogen (secondary N) is 1. The number of methoxy groups -OCH3 is 2. The molecule has 1 atom stereocenters. The van der Waals surface area contributed by atoms with Gasteiger partial charge in [-0.2, -0.15) is 0 Å². The Bertz CT molecular complexity index is 360. The highest BCUT2D eigenvalue weighted by molar-refractivity contribution is 5.07. The Morgan fingerprint density at radius 3 is 2.32 bits per heavy atom. The Kier molecular flexibility index (Phi) is 6.34. The van der Waals surface area contributed by atoms with E-state index >= 15 is 0 Å². The smallest absolute Gasteiger partial charge is 0.157 e. The summed E-state index contributed by atoms with van der Waals surface area (Å²) >= 11 is 0. The van der Waals surface area contributed by atoms with Crippen molar-refractivity contribution >= 4 is 0 Å². The third kappa shape index (κ3) is 5.22. The maximum Gasteiger partial charge on any atom is 0.157 e. The van der Waals surface area contributed by atoms with Crippen LogP contribution in [0.3, 0.4) is 0 Å². The molecule has 1 heterocycles. The molecule has 0 saturated carbocycles. The van der Waals surface area contributed by atoms with E-state index in [0.717, 1.165) is 24.5 Å². The summed E-state index contributed by atoms with van der Waals surface area (Å²) in [5.74, 6) is 0.732.